The number of nitrogens with two attached hydrogens (primary N) is 1. The van der Waals surface area contributed by atoms with Gasteiger partial charge in [0.05, 0.1) is 5.39 Å². The number of pyridine rings is 1. The van der Waals surface area contributed by atoms with Gasteiger partial charge >= 0.3 is 0 Å². The van der Waals surface area contributed by atoms with Crippen molar-refractivity contribution in [1.82, 2.24) is 4.98 Å². The first-order chi connectivity index (χ1) is 6.18. The molecule has 2 aromatic rings. The standard InChI is InChI=1S/C10H10N2O/c1-6-5-7-3-2-4-8(13)9(7)10(11)12-6/h2-5,13H,1H3,(H2,11,12). The number of hydrogen-bond acceptors (Lipinski definition) is 3. The molecule has 1 aromatic carbocycles. The Morgan fingerprint density at radius 3 is 2.92 bits per heavy atom. The van der Waals surface area contributed by atoms with Crippen molar-refractivity contribution >= 4 is 16.6 Å². The highest BCUT2D eigenvalue weighted by Crippen LogP contribution is 2.28. The van der Waals surface area contributed by atoms with Crippen LogP contribution >= 0.6 is 0 Å². The molecule has 0 aliphatic heterocycles. The van der Waals surface area contributed by atoms with Gasteiger partial charge in [-0.1, -0.05) is 12.1 Å². The summed E-state index contributed by atoms with van der Waals surface area (Å²) in [5.41, 5.74) is 6.54. The number of nitrogens with zero attached hydrogens (tertiary/aromatic N) is 1. The van der Waals surface area contributed by atoms with Crippen LogP contribution in [0.25, 0.3) is 10.8 Å². The molecule has 0 saturated heterocycles. The maximum absolute atomic E-state index is 9.52. The fraction of sp³-hybridized carbons (Fsp3) is 0.100. The summed E-state index contributed by atoms with van der Waals surface area (Å²) in [6.45, 7) is 1.87. The number of anilines is 1. The van der Waals surface area contributed by atoms with E-state index in [0.29, 0.717) is 11.2 Å². The molecular weight excluding hydrogens is 164 g/mol. The molecule has 3 heteroatoms. The van der Waals surface area contributed by atoms with Crippen molar-refractivity contribution in [3.05, 3.63) is 30.0 Å². The van der Waals surface area contributed by atoms with Crippen LogP contribution in [0, 0.1) is 6.92 Å². The Morgan fingerprint density at radius 1 is 1.38 bits per heavy atom. The Morgan fingerprint density at radius 2 is 2.15 bits per heavy atom. The minimum atomic E-state index is 0.183. The van der Waals surface area contributed by atoms with Crippen LogP contribution in [-0.4, -0.2) is 10.1 Å². The third kappa shape index (κ3) is 1.18. The first-order valence-corrected chi connectivity index (χ1v) is 4.03. The molecule has 3 N–H and O–H groups in total. The highest BCUT2D eigenvalue weighted by atomic mass is 16.3. The molecule has 0 atom stereocenters. The average Bonchev–Trinajstić information content (AvgIpc) is 2.02. The van der Waals surface area contributed by atoms with Gasteiger partial charge in [0.1, 0.15) is 11.6 Å². The summed E-state index contributed by atoms with van der Waals surface area (Å²) in [5.74, 6) is 0.565. The number of hydrogen-bond donors (Lipinski definition) is 2. The van der Waals surface area contributed by atoms with Crippen molar-refractivity contribution in [2.75, 3.05) is 5.73 Å². The number of aromatic nitrogens is 1. The fourth-order valence-corrected chi connectivity index (χ4v) is 1.46. The number of phenols is 1. The molecule has 2 rings (SSSR count). The van der Waals surface area contributed by atoms with Crippen molar-refractivity contribution in [2.45, 2.75) is 6.92 Å². The van der Waals surface area contributed by atoms with E-state index in [0.717, 1.165) is 11.1 Å². The molecule has 0 saturated carbocycles. The van der Waals surface area contributed by atoms with Gasteiger partial charge in [0.25, 0.3) is 0 Å². The van der Waals surface area contributed by atoms with Crippen molar-refractivity contribution < 1.29 is 5.11 Å². The number of phenolic OH excluding ortho intramolecular Hbond substituents is 1. The summed E-state index contributed by atoms with van der Waals surface area (Å²) < 4.78 is 0. The first kappa shape index (κ1) is 7.86. The molecule has 1 heterocycles. The van der Waals surface area contributed by atoms with E-state index in [9.17, 15) is 5.11 Å². The largest absolute Gasteiger partial charge is 0.507 e. The second-order valence-corrected chi connectivity index (χ2v) is 3.02. The molecule has 13 heavy (non-hydrogen) atoms. The van der Waals surface area contributed by atoms with Gasteiger partial charge in [-0.25, -0.2) is 4.98 Å². The van der Waals surface area contributed by atoms with E-state index >= 15 is 0 Å². The zero-order valence-electron chi connectivity index (χ0n) is 7.28. The van der Waals surface area contributed by atoms with E-state index in [1.54, 1.807) is 12.1 Å². The zero-order chi connectivity index (χ0) is 9.42. The number of aryl methyl sites for hydroxylation is 1. The average molecular weight is 174 g/mol. The van der Waals surface area contributed by atoms with Gasteiger partial charge in [0.15, 0.2) is 0 Å². The summed E-state index contributed by atoms with van der Waals surface area (Å²) in [7, 11) is 0. The van der Waals surface area contributed by atoms with Gasteiger partial charge < -0.3 is 10.8 Å². The molecule has 0 amide bonds. The van der Waals surface area contributed by atoms with Gasteiger partial charge in [-0.3, -0.25) is 0 Å². The third-order valence-electron chi connectivity index (χ3n) is 1.99. The lowest BCUT2D eigenvalue weighted by molar-refractivity contribution is 0.481. The van der Waals surface area contributed by atoms with Crippen LogP contribution in [0.1, 0.15) is 5.69 Å². The third-order valence-corrected chi connectivity index (χ3v) is 1.99. The predicted octanol–water partition coefficient (Wildman–Crippen LogP) is 1.83. The zero-order valence-corrected chi connectivity index (χ0v) is 7.28. The van der Waals surface area contributed by atoms with Crippen LogP contribution in [0.4, 0.5) is 5.82 Å². The Bertz CT molecular complexity index is 466. The van der Waals surface area contributed by atoms with Crippen LogP contribution in [0.5, 0.6) is 5.75 Å². The second kappa shape index (κ2) is 2.62. The van der Waals surface area contributed by atoms with Gasteiger partial charge in [-0.05, 0) is 24.4 Å². The van der Waals surface area contributed by atoms with Crippen LogP contribution in [0.15, 0.2) is 24.3 Å². The van der Waals surface area contributed by atoms with Crippen LogP contribution in [0.3, 0.4) is 0 Å². The van der Waals surface area contributed by atoms with Crippen LogP contribution in [-0.2, 0) is 0 Å². The highest BCUT2D eigenvalue weighted by molar-refractivity contribution is 5.96. The van der Waals surface area contributed by atoms with Crippen molar-refractivity contribution in [2.24, 2.45) is 0 Å². The number of fused-ring (bicyclic) bond motifs is 1. The Balaban J connectivity index is 2.94. The Hall–Kier alpha value is -1.77. The highest BCUT2D eigenvalue weighted by Gasteiger charge is 2.04. The van der Waals surface area contributed by atoms with Gasteiger partial charge in [-0.15, -0.1) is 0 Å². The number of benzene rings is 1. The van der Waals surface area contributed by atoms with Gasteiger partial charge in [-0.2, -0.15) is 0 Å². The summed E-state index contributed by atoms with van der Waals surface area (Å²) >= 11 is 0. The van der Waals surface area contributed by atoms with E-state index in [-0.39, 0.29) is 5.75 Å². The smallest absolute Gasteiger partial charge is 0.135 e. The number of rotatable bonds is 0. The molecule has 1 aromatic heterocycles. The lowest BCUT2D eigenvalue weighted by Gasteiger charge is -2.04. The van der Waals surface area contributed by atoms with Gasteiger partial charge in [0.2, 0.25) is 0 Å². The summed E-state index contributed by atoms with van der Waals surface area (Å²) in [4.78, 5) is 4.08. The Kier molecular flexibility index (Phi) is 1.59. The second-order valence-electron chi connectivity index (χ2n) is 3.02. The van der Waals surface area contributed by atoms with Crippen LogP contribution in [0.2, 0.25) is 0 Å². The SMILES string of the molecule is Cc1cc2cccc(O)c2c(N)n1. The molecule has 0 spiro atoms. The molecule has 0 fully saturated rings. The molecule has 66 valence electrons. The molecule has 0 bridgehead atoms. The number of nitrogen functional groups attached to an aromatic ring is 1. The molecular formula is C10H10N2O. The minimum absolute atomic E-state index is 0.183. The molecule has 0 aliphatic rings. The number of aromatic hydroxyl groups is 1. The quantitative estimate of drug-likeness (QED) is 0.640. The normalized spacial score (nSPS) is 10.5. The first-order valence-electron chi connectivity index (χ1n) is 4.03. The molecule has 3 nitrogen and oxygen atoms in total. The molecule has 0 radical (unpaired) electrons. The van der Waals surface area contributed by atoms with Crippen molar-refractivity contribution in [3.8, 4) is 5.75 Å². The fourth-order valence-electron chi connectivity index (χ4n) is 1.46. The minimum Gasteiger partial charge on any atom is -0.507 e. The van der Waals surface area contributed by atoms with Crippen molar-refractivity contribution in [1.29, 1.82) is 0 Å². The topological polar surface area (TPSA) is 59.1 Å². The predicted molar refractivity (Wildman–Crippen MR) is 52.6 cm³/mol. The Labute approximate surface area is 75.8 Å². The molecule has 0 unspecified atom stereocenters. The van der Waals surface area contributed by atoms with E-state index in [1.807, 2.05) is 19.1 Å². The maximum Gasteiger partial charge on any atom is 0.135 e. The van der Waals surface area contributed by atoms with E-state index in [1.165, 1.54) is 0 Å². The van der Waals surface area contributed by atoms with Gasteiger partial charge in [0, 0.05) is 5.69 Å². The summed E-state index contributed by atoms with van der Waals surface area (Å²) in [6.07, 6.45) is 0. The van der Waals surface area contributed by atoms with E-state index in [4.69, 9.17) is 5.73 Å². The maximum atomic E-state index is 9.52. The van der Waals surface area contributed by atoms with Crippen molar-refractivity contribution in [3.63, 3.8) is 0 Å². The lowest BCUT2D eigenvalue weighted by atomic mass is 10.1. The van der Waals surface area contributed by atoms with E-state index < -0.39 is 0 Å². The monoisotopic (exact) mass is 174 g/mol. The molecule has 0 aliphatic carbocycles. The summed E-state index contributed by atoms with van der Waals surface area (Å²) in [6, 6.07) is 7.19. The van der Waals surface area contributed by atoms with E-state index in [2.05, 4.69) is 4.98 Å². The lowest BCUT2D eigenvalue weighted by Crippen LogP contribution is -1.93. The van der Waals surface area contributed by atoms with Crippen LogP contribution < -0.4 is 5.73 Å². The summed E-state index contributed by atoms with van der Waals surface area (Å²) in [5, 5.41) is 11.1.